The van der Waals surface area contributed by atoms with Gasteiger partial charge in [0.05, 0.1) is 28.0 Å². The molecule has 0 bridgehead atoms. The van der Waals surface area contributed by atoms with E-state index < -0.39 is 47.0 Å². The molecule has 1 saturated heterocycles. The summed E-state index contributed by atoms with van der Waals surface area (Å²) in [5.41, 5.74) is -0.713. The summed E-state index contributed by atoms with van der Waals surface area (Å²) in [6, 6.07) is 3.73. The van der Waals surface area contributed by atoms with Crippen LogP contribution in [0.3, 0.4) is 0 Å². The summed E-state index contributed by atoms with van der Waals surface area (Å²) >= 11 is 6.97. The van der Waals surface area contributed by atoms with Gasteiger partial charge in [-0.1, -0.05) is 11.6 Å². The predicted molar refractivity (Wildman–Crippen MR) is 132 cm³/mol. The number of imide groups is 1. The number of nitrogens with zero attached hydrogens (tertiary/aromatic N) is 2. The summed E-state index contributed by atoms with van der Waals surface area (Å²) in [6.07, 6.45) is 0.229. The molecule has 1 unspecified atom stereocenters. The number of carbonyl (C=O) groups excluding carboxylic acids is 4. The number of hydrogen-bond acceptors (Lipinski definition) is 6. The Kier molecular flexibility index (Phi) is 6.11. The van der Waals surface area contributed by atoms with Crippen LogP contribution in [0, 0.1) is 11.6 Å². The molecule has 0 aliphatic carbocycles. The van der Waals surface area contributed by atoms with Crippen molar-refractivity contribution in [2.24, 2.45) is 0 Å². The van der Waals surface area contributed by atoms with Crippen molar-refractivity contribution >= 4 is 62.6 Å². The third-order valence-corrected chi connectivity index (χ3v) is 7.89. The minimum atomic E-state index is -1.04. The lowest BCUT2D eigenvalue weighted by Crippen LogP contribution is -2.52. The fourth-order valence-electron chi connectivity index (χ4n) is 4.42. The molecule has 2 aromatic carbocycles. The van der Waals surface area contributed by atoms with Crippen molar-refractivity contribution in [3.63, 3.8) is 0 Å². The molecule has 3 aromatic rings. The fourth-order valence-corrected chi connectivity index (χ4v) is 5.63. The second-order valence-electron chi connectivity index (χ2n) is 9.31. The van der Waals surface area contributed by atoms with Crippen LogP contribution in [0.2, 0.25) is 5.02 Å². The van der Waals surface area contributed by atoms with Crippen molar-refractivity contribution in [2.45, 2.75) is 44.8 Å². The van der Waals surface area contributed by atoms with E-state index in [2.05, 4.69) is 20.9 Å². The van der Waals surface area contributed by atoms with Crippen molar-refractivity contribution in [1.29, 1.82) is 0 Å². The van der Waals surface area contributed by atoms with Crippen LogP contribution in [0.4, 0.5) is 19.3 Å². The SMILES string of the molecule is CC(C)(NC(=O)Nc1ccc2c(c1F)CN(C1CCC(=O)NC1=O)C2=O)c1nc2cc(Cl)cc(F)c2s1. The second kappa shape index (κ2) is 9.03. The number of benzene rings is 2. The van der Waals surface area contributed by atoms with E-state index in [-0.39, 0.29) is 41.2 Å². The van der Waals surface area contributed by atoms with E-state index in [1.807, 2.05) is 0 Å². The van der Waals surface area contributed by atoms with Crippen LogP contribution in [-0.2, 0) is 21.7 Å². The highest BCUT2D eigenvalue weighted by molar-refractivity contribution is 7.18. The molecule has 5 amide bonds. The average molecular weight is 548 g/mol. The van der Waals surface area contributed by atoms with Gasteiger partial charge in [0.15, 0.2) is 5.82 Å². The Hall–Kier alpha value is -3.64. The molecule has 1 fully saturated rings. The van der Waals surface area contributed by atoms with Crippen LogP contribution in [0.15, 0.2) is 24.3 Å². The van der Waals surface area contributed by atoms with Gasteiger partial charge in [0.2, 0.25) is 11.8 Å². The van der Waals surface area contributed by atoms with Crippen LogP contribution in [-0.4, -0.2) is 39.7 Å². The molecule has 0 spiro atoms. The van der Waals surface area contributed by atoms with Gasteiger partial charge >= 0.3 is 6.03 Å². The number of nitrogens with one attached hydrogen (secondary N) is 3. The third kappa shape index (κ3) is 4.51. The number of fused-ring (bicyclic) bond motifs is 2. The lowest BCUT2D eigenvalue weighted by Gasteiger charge is -2.29. The van der Waals surface area contributed by atoms with E-state index in [0.29, 0.717) is 15.2 Å². The summed E-state index contributed by atoms with van der Waals surface area (Å²) in [5, 5.41) is 7.96. The monoisotopic (exact) mass is 547 g/mol. The Morgan fingerprint density at radius 2 is 2.00 bits per heavy atom. The first-order chi connectivity index (χ1) is 17.4. The molecular formula is C24H20ClF2N5O4S. The van der Waals surface area contributed by atoms with Crippen molar-refractivity contribution in [2.75, 3.05) is 5.32 Å². The van der Waals surface area contributed by atoms with Gasteiger partial charge in [-0.15, -0.1) is 11.3 Å². The summed E-state index contributed by atoms with van der Waals surface area (Å²) in [7, 11) is 0. The molecule has 3 N–H and O–H groups in total. The van der Waals surface area contributed by atoms with E-state index in [4.69, 9.17) is 11.6 Å². The molecule has 0 radical (unpaired) electrons. The first-order valence-corrected chi connectivity index (χ1v) is 12.5. The summed E-state index contributed by atoms with van der Waals surface area (Å²) < 4.78 is 29.9. The molecule has 2 aliphatic rings. The van der Waals surface area contributed by atoms with Crippen LogP contribution in [0.1, 0.15) is 47.6 Å². The Balaban J connectivity index is 1.32. The highest BCUT2D eigenvalue weighted by Crippen LogP contribution is 2.34. The number of carbonyl (C=O) groups is 4. The molecular weight excluding hydrogens is 528 g/mol. The number of thiazole rings is 1. The zero-order valence-electron chi connectivity index (χ0n) is 19.6. The van der Waals surface area contributed by atoms with Gasteiger partial charge in [-0.3, -0.25) is 19.7 Å². The number of piperidine rings is 1. The Morgan fingerprint density at radius 3 is 2.73 bits per heavy atom. The fraction of sp³-hybridized carbons (Fsp3) is 0.292. The minimum Gasteiger partial charge on any atom is -0.326 e. The lowest BCUT2D eigenvalue weighted by molar-refractivity contribution is -0.136. The van der Waals surface area contributed by atoms with E-state index in [0.717, 1.165) is 11.3 Å². The van der Waals surface area contributed by atoms with Gasteiger partial charge < -0.3 is 15.5 Å². The van der Waals surface area contributed by atoms with Gasteiger partial charge in [-0.2, -0.15) is 0 Å². The Morgan fingerprint density at radius 1 is 1.24 bits per heavy atom. The lowest BCUT2D eigenvalue weighted by atomic mass is 10.0. The summed E-state index contributed by atoms with van der Waals surface area (Å²) in [4.78, 5) is 54.8. The van der Waals surface area contributed by atoms with Crippen molar-refractivity contribution in [1.82, 2.24) is 20.5 Å². The van der Waals surface area contributed by atoms with Gasteiger partial charge in [-0.05, 0) is 44.5 Å². The maximum atomic E-state index is 15.3. The first-order valence-electron chi connectivity index (χ1n) is 11.3. The predicted octanol–water partition coefficient (Wildman–Crippen LogP) is 4.05. The number of rotatable bonds is 4. The number of urea groups is 1. The van der Waals surface area contributed by atoms with Gasteiger partial charge in [0.25, 0.3) is 5.91 Å². The highest BCUT2D eigenvalue weighted by atomic mass is 35.5. The largest absolute Gasteiger partial charge is 0.326 e. The molecule has 9 nitrogen and oxygen atoms in total. The van der Waals surface area contributed by atoms with E-state index in [9.17, 15) is 23.6 Å². The maximum Gasteiger partial charge on any atom is 0.320 e. The molecule has 37 heavy (non-hydrogen) atoms. The van der Waals surface area contributed by atoms with Gasteiger partial charge in [0.1, 0.15) is 16.9 Å². The van der Waals surface area contributed by atoms with Crippen molar-refractivity contribution in [3.8, 4) is 0 Å². The van der Waals surface area contributed by atoms with Crippen molar-refractivity contribution < 1.29 is 28.0 Å². The zero-order chi connectivity index (χ0) is 26.6. The van der Waals surface area contributed by atoms with Gasteiger partial charge in [0, 0.05) is 22.6 Å². The van der Waals surface area contributed by atoms with Crippen LogP contribution < -0.4 is 16.0 Å². The number of anilines is 1. The molecule has 3 heterocycles. The Bertz CT molecular complexity index is 1510. The van der Waals surface area contributed by atoms with Crippen LogP contribution in [0.5, 0.6) is 0 Å². The zero-order valence-corrected chi connectivity index (χ0v) is 21.2. The van der Waals surface area contributed by atoms with Crippen LogP contribution in [0.25, 0.3) is 10.2 Å². The topological polar surface area (TPSA) is 120 Å². The summed E-state index contributed by atoms with van der Waals surface area (Å²) in [5.74, 6) is -2.87. The quantitative estimate of drug-likeness (QED) is 0.426. The third-order valence-electron chi connectivity index (χ3n) is 6.27. The second-order valence-corrected chi connectivity index (χ2v) is 10.7. The van der Waals surface area contributed by atoms with E-state index in [1.54, 1.807) is 13.8 Å². The number of amides is 5. The van der Waals surface area contributed by atoms with Crippen molar-refractivity contribution in [3.05, 3.63) is 57.1 Å². The number of hydrogen-bond donors (Lipinski definition) is 3. The molecule has 192 valence electrons. The average Bonchev–Trinajstić information content (AvgIpc) is 3.38. The van der Waals surface area contributed by atoms with E-state index >= 15 is 4.39 Å². The molecule has 1 aromatic heterocycles. The standard InChI is InChI=1S/C24H20ClF2N5O4S/c1-24(2,22-28-15-8-10(25)7-13(26)19(15)37-22)31-23(36)29-14-4-3-11-12(18(14)27)9-32(21(11)35)16-5-6-17(33)30-20(16)34/h3-4,7-8,16H,5-6,9H2,1-2H3,(H2,29,31,36)(H,30,33,34). The number of aromatic nitrogens is 1. The normalized spacial score (nSPS) is 17.7. The summed E-state index contributed by atoms with van der Waals surface area (Å²) in [6.45, 7) is 3.16. The molecule has 13 heteroatoms. The molecule has 5 rings (SSSR count). The Labute approximate surface area is 218 Å². The molecule has 0 saturated carbocycles. The van der Waals surface area contributed by atoms with E-state index in [1.165, 1.54) is 29.2 Å². The smallest absolute Gasteiger partial charge is 0.320 e. The number of halogens is 3. The molecule has 2 aliphatic heterocycles. The first kappa shape index (κ1) is 25.0. The molecule has 1 atom stereocenters. The minimum absolute atomic E-state index is 0.0466. The van der Waals surface area contributed by atoms with Crippen LogP contribution >= 0.6 is 22.9 Å². The van der Waals surface area contributed by atoms with Gasteiger partial charge in [-0.25, -0.2) is 18.6 Å². The maximum absolute atomic E-state index is 15.3. The highest BCUT2D eigenvalue weighted by Gasteiger charge is 2.40.